The zero-order valence-corrected chi connectivity index (χ0v) is 12.9. The van der Waals surface area contributed by atoms with Crippen LogP contribution in [-0.4, -0.2) is 23.6 Å². The molecule has 106 valence electrons. The van der Waals surface area contributed by atoms with Gasteiger partial charge in [-0.15, -0.1) is 0 Å². The average molecular weight is 340 g/mol. The highest BCUT2D eigenvalue weighted by Crippen LogP contribution is 2.27. The molecule has 0 amide bonds. The van der Waals surface area contributed by atoms with Crippen molar-refractivity contribution in [2.45, 2.75) is 13.5 Å². The standard InChI is InChI=1S/C14H15BrFN3O/c1-3-17-14-12(15)11(8-20-2)18-13(19-14)9-5-4-6-10(16)7-9/h4-7H,3,8H2,1-2H3,(H,17,18,19). The van der Waals surface area contributed by atoms with Crippen LogP contribution in [-0.2, 0) is 11.3 Å². The third-order valence-corrected chi connectivity index (χ3v) is 3.46. The molecule has 1 N–H and O–H groups in total. The summed E-state index contributed by atoms with van der Waals surface area (Å²) in [6, 6.07) is 6.22. The summed E-state index contributed by atoms with van der Waals surface area (Å²) in [7, 11) is 1.60. The van der Waals surface area contributed by atoms with Crippen LogP contribution in [0.3, 0.4) is 0 Å². The predicted octanol–water partition coefficient (Wildman–Crippen LogP) is 3.62. The van der Waals surface area contributed by atoms with Crippen LogP contribution in [0.5, 0.6) is 0 Å². The third kappa shape index (κ3) is 3.32. The molecule has 1 aromatic heterocycles. The Kier molecular flexibility index (Phi) is 5.03. The molecule has 0 saturated heterocycles. The Morgan fingerprint density at radius 3 is 2.80 bits per heavy atom. The molecule has 0 unspecified atom stereocenters. The van der Waals surface area contributed by atoms with Crippen molar-refractivity contribution in [2.24, 2.45) is 0 Å². The van der Waals surface area contributed by atoms with E-state index in [9.17, 15) is 4.39 Å². The van der Waals surface area contributed by atoms with E-state index in [4.69, 9.17) is 4.74 Å². The van der Waals surface area contributed by atoms with Gasteiger partial charge in [-0.3, -0.25) is 0 Å². The molecule has 0 saturated carbocycles. The first-order chi connectivity index (χ1) is 9.65. The number of halogens is 2. The molecule has 0 aliphatic heterocycles. The van der Waals surface area contributed by atoms with Gasteiger partial charge in [-0.2, -0.15) is 0 Å². The molecule has 6 heteroatoms. The van der Waals surface area contributed by atoms with E-state index in [-0.39, 0.29) is 5.82 Å². The van der Waals surface area contributed by atoms with E-state index < -0.39 is 0 Å². The second-order valence-electron chi connectivity index (χ2n) is 4.13. The molecule has 1 heterocycles. The first-order valence-electron chi connectivity index (χ1n) is 6.20. The summed E-state index contributed by atoms with van der Waals surface area (Å²) < 4.78 is 19.2. The third-order valence-electron chi connectivity index (χ3n) is 2.63. The Morgan fingerprint density at radius 2 is 2.15 bits per heavy atom. The van der Waals surface area contributed by atoms with Gasteiger partial charge in [-0.1, -0.05) is 12.1 Å². The smallest absolute Gasteiger partial charge is 0.162 e. The predicted molar refractivity (Wildman–Crippen MR) is 80.0 cm³/mol. The van der Waals surface area contributed by atoms with E-state index in [0.717, 1.165) is 16.7 Å². The summed E-state index contributed by atoms with van der Waals surface area (Å²) in [5.41, 5.74) is 1.35. The van der Waals surface area contributed by atoms with Crippen LogP contribution < -0.4 is 5.32 Å². The van der Waals surface area contributed by atoms with Crippen molar-refractivity contribution in [2.75, 3.05) is 19.0 Å². The van der Waals surface area contributed by atoms with Crippen LogP contribution in [0.2, 0.25) is 0 Å². The number of hydrogen-bond acceptors (Lipinski definition) is 4. The van der Waals surface area contributed by atoms with Gasteiger partial charge in [0.25, 0.3) is 0 Å². The van der Waals surface area contributed by atoms with Gasteiger partial charge in [0.2, 0.25) is 0 Å². The maximum absolute atomic E-state index is 13.3. The number of methoxy groups -OCH3 is 1. The molecule has 2 aromatic rings. The van der Waals surface area contributed by atoms with Crippen molar-refractivity contribution in [1.29, 1.82) is 0 Å². The normalized spacial score (nSPS) is 10.6. The van der Waals surface area contributed by atoms with Gasteiger partial charge in [0.15, 0.2) is 5.82 Å². The van der Waals surface area contributed by atoms with Crippen LogP contribution in [0, 0.1) is 5.82 Å². The summed E-state index contributed by atoms with van der Waals surface area (Å²) in [4.78, 5) is 8.85. The molecule has 1 aromatic carbocycles. The van der Waals surface area contributed by atoms with Gasteiger partial charge in [0.1, 0.15) is 11.6 Å². The van der Waals surface area contributed by atoms with Gasteiger partial charge in [-0.25, -0.2) is 14.4 Å². The second-order valence-corrected chi connectivity index (χ2v) is 4.92. The van der Waals surface area contributed by atoms with Crippen molar-refractivity contribution in [3.8, 4) is 11.4 Å². The minimum atomic E-state index is -0.313. The first-order valence-corrected chi connectivity index (χ1v) is 7.00. The van der Waals surface area contributed by atoms with E-state index in [1.54, 1.807) is 19.2 Å². The molecule has 20 heavy (non-hydrogen) atoms. The summed E-state index contributed by atoms with van der Waals surface area (Å²) >= 11 is 3.46. The lowest BCUT2D eigenvalue weighted by atomic mass is 10.2. The number of benzene rings is 1. The molecule has 0 aliphatic carbocycles. The van der Waals surface area contributed by atoms with Crippen molar-refractivity contribution in [1.82, 2.24) is 9.97 Å². The van der Waals surface area contributed by atoms with E-state index >= 15 is 0 Å². The van der Waals surface area contributed by atoms with Crippen molar-refractivity contribution in [3.05, 3.63) is 40.2 Å². The zero-order chi connectivity index (χ0) is 14.5. The van der Waals surface area contributed by atoms with Crippen molar-refractivity contribution < 1.29 is 9.13 Å². The van der Waals surface area contributed by atoms with Gasteiger partial charge in [-0.05, 0) is 35.0 Å². The van der Waals surface area contributed by atoms with Crippen molar-refractivity contribution >= 4 is 21.7 Å². The number of nitrogens with one attached hydrogen (secondary N) is 1. The number of ether oxygens (including phenoxy) is 1. The molecule has 0 spiro atoms. The molecule has 0 fully saturated rings. The monoisotopic (exact) mass is 339 g/mol. The van der Waals surface area contributed by atoms with Crippen LogP contribution in [0.4, 0.5) is 10.2 Å². The van der Waals surface area contributed by atoms with Crippen LogP contribution in [0.15, 0.2) is 28.7 Å². The maximum atomic E-state index is 13.3. The summed E-state index contributed by atoms with van der Waals surface area (Å²) in [6.45, 7) is 3.06. The number of aromatic nitrogens is 2. The largest absolute Gasteiger partial charge is 0.378 e. The minimum Gasteiger partial charge on any atom is -0.378 e. The number of anilines is 1. The highest BCUT2D eigenvalue weighted by molar-refractivity contribution is 9.10. The molecule has 0 bridgehead atoms. The van der Waals surface area contributed by atoms with Gasteiger partial charge in [0, 0.05) is 19.2 Å². The minimum absolute atomic E-state index is 0.313. The molecular formula is C14H15BrFN3O. The van der Waals surface area contributed by atoms with E-state index in [1.807, 2.05) is 6.92 Å². The SMILES string of the molecule is CCNc1nc(-c2cccc(F)c2)nc(COC)c1Br. The highest BCUT2D eigenvalue weighted by Gasteiger charge is 2.13. The number of nitrogens with zero attached hydrogens (tertiary/aromatic N) is 2. The van der Waals surface area contributed by atoms with Gasteiger partial charge < -0.3 is 10.1 Å². The molecule has 0 atom stereocenters. The second kappa shape index (κ2) is 6.76. The topological polar surface area (TPSA) is 47.0 Å². The highest BCUT2D eigenvalue weighted by atomic mass is 79.9. The Hall–Kier alpha value is -1.53. The molecule has 4 nitrogen and oxygen atoms in total. The Bertz CT molecular complexity index is 580. The maximum Gasteiger partial charge on any atom is 0.162 e. The zero-order valence-electron chi connectivity index (χ0n) is 11.3. The number of rotatable bonds is 5. The fourth-order valence-electron chi connectivity index (χ4n) is 1.77. The summed E-state index contributed by atoms with van der Waals surface area (Å²) in [5, 5.41) is 3.15. The Morgan fingerprint density at radius 1 is 1.35 bits per heavy atom. The van der Waals surface area contributed by atoms with Crippen LogP contribution in [0.25, 0.3) is 11.4 Å². The van der Waals surface area contributed by atoms with E-state index in [2.05, 4.69) is 31.2 Å². The average Bonchev–Trinajstić information content (AvgIpc) is 2.43. The fraction of sp³-hybridized carbons (Fsp3) is 0.286. The van der Waals surface area contributed by atoms with Gasteiger partial charge in [0.05, 0.1) is 16.8 Å². The molecular weight excluding hydrogens is 325 g/mol. The van der Waals surface area contributed by atoms with E-state index in [1.165, 1.54) is 12.1 Å². The lowest BCUT2D eigenvalue weighted by Crippen LogP contribution is -2.07. The van der Waals surface area contributed by atoms with Crippen molar-refractivity contribution in [3.63, 3.8) is 0 Å². The molecule has 0 aliphatic rings. The molecule has 0 radical (unpaired) electrons. The lowest BCUT2D eigenvalue weighted by Gasteiger charge is -2.12. The first kappa shape index (κ1) is 14.9. The lowest BCUT2D eigenvalue weighted by molar-refractivity contribution is 0.181. The Balaban J connectivity index is 2.52. The summed E-state index contributed by atoms with van der Waals surface area (Å²) in [5.74, 6) is 0.830. The quantitative estimate of drug-likeness (QED) is 0.903. The van der Waals surface area contributed by atoms with Crippen LogP contribution in [0.1, 0.15) is 12.6 Å². The Labute approximate surface area is 125 Å². The summed E-state index contributed by atoms with van der Waals surface area (Å²) in [6.07, 6.45) is 0. The van der Waals surface area contributed by atoms with E-state index in [0.29, 0.717) is 23.8 Å². The molecule has 2 rings (SSSR count). The van der Waals surface area contributed by atoms with Crippen LogP contribution >= 0.6 is 15.9 Å². The number of hydrogen-bond donors (Lipinski definition) is 1. The van der Waals surface area contributed by atoms with Gasteiger partial charge >= 0.3 is 0 Å². The fourth-order valence-corrected chi connectivity index (χ4v) is 2.20.